The predicted octanol–water partition coefficient (Wildman–Crippen LogP) is 3.36. The molecule has 15 heavy (non-hydrogen) atoms. The molecule has 0 spiro atoms. The highest BCUT2D eigenvalue weighted by atomic mass is 28.3. The molecule has 0 aliphatic rings. The van der Waals surface area contributed by atoms with Crippen molar-refractivity contribution in [2.24, 2.45) is 0 Å². The summed E-state index contributed by atoms with van der Waals surface area (Å²) in [5.41, 5.74) is 3.27. The van der Waals surface area contributed by atoms with Crippen molar-refractivity contribution in [1.82, 2.24) is 0 Å². The van der Waals surface area contributed by atoms with E-state index in [1.165, 1.54) is 0 Å². The largest absolute Gasteiger partial charge is 0.392 e. The van der Waals surface area contributed by atoms with Gasteiger partial charge in [-0.1, -0.05) is 32.1 Å². The van der Waals surface area contributed by atoms with E-state index in [-0.39, 0.29) is 6.10 Å². The highest BCUT2D eigenvalue weighted by Gasteiger charge is 2.08. The number of hydrogen-bond acceptors (Lipinski definition) is 1. The summed E-state index contributed by atoms with van der Waals surface area (Å²) in [5.74, 6) is 3.11. The molecule has 0 radical (unpaired) electrons. The fraction of sp³-hybridized carbons (Fsp3) is 0.692. The van der Waals surface area contributed by atoms with Crippen molar-refractivity contribution in [2.75, 3.05) is 0 Å². The summed E-state index contributed by atoms with van der Waals surface area (Å²) in [6.45, 7) is 10.3. The Morgan fingerprint density at radius 1 is 1.33 bits per heavy atom. The van der Waals surface area contributed by atoms with Gasteiger partial charge in [-0.25, -0.2) is 0 Å². The first kappa shape index (κ1) is 14.5. The molecule has 0 saturated heterocycles. The molecule has 0 unspecified atom stereocenters. The highest BCUT2D eigenvalue weighted by molar-refractivity contribution is 6.83. The van der Waals surface area contributed by atoms with Crippen LogP contribution in [0.25, 0.3) is 0 Å². The predicted molar refractivity (Wildman–Crippen MR) is 70.4 cm³/mol. The first-order chi connectivity index (χ1) is 6.95. The average Bonchev–Trinajstić information content (AvgIpc) is 2.10. The van der Waals surface area contributed by atoms with Crippen molar-refractivity contribution in [3.05, 3.63) is 12.7 Å². The van der Waals surface area contributed by atoms with Crippen molar-refractivity contribution < 1.29 is 5.11 Å². The van der Waals surface area contributed by atoms with Crippen molar-refractivity contribution >= 4 is 8.07 Å². The Kier molecular flexibility index (Phi) is 7.46. The molecule has 0 aliphatic heterocycles. The SMILES string of the molecule is C=CCCCC[C@H](O)CC#C[Si](C)(C)C. The molecule has 0 rings (SSSR count). The molecule has 1 atom stereocenters. The van der Waals surface area contributed by atoms with Crippen LogP contribution < -0.4 is 0 Å². The van der Waals surface area contributed by atoms with Crippen LogP contribution in [0.3, 0.4) is 0 Å². The lowest BCUT2D eigenvalue weighted by Gasteiger charge is -2.07. The van der Waals surface area contributed by atoms with Crippen molar-refractivity contribution in [3.63, 3.8) is 0 Å². The third-order valence-electron chi connectivity index (χ3n) is 2.00. The number of unbranched alkanes of at least 4 members (excludes halogenated alkanes) is 2. The molecule has 1 nitrogen and oxygen atoms in total. The second kappa shape index (κ2) is 7.73. The Morgan fingerprint density at radius 2 is 2.00 bits per heavy atom. The van der Waals surface area contributed by atoms with Gasteiger partial charge in [-0.15, -0.1) is 18.0 Å². The van der Waals surface area contributed by atoms with Gasteiger partial charge < -0.3 is 5.11 Å². The van der Waals surface area contributed by atoms with E-state index in [0.29, 0.717) is 6.42 Å². The van der Waals surface area contributed by atoms with E-state index in [4.69, 9.17) is 0 Å². The number of rotatable bonds is 6. The summed E-state index contributed by atoms with van der Waals surface area (Å²) in [6.07, 6.45) is 6.44. The Labute approximate surface area is 95.6 Å². The minimum absolute atomic E-state index is 0.237. The van der Waals surface area contributed by atoms with Gasteiger partial charge in [0.15, 0.2) is 0 Å². The van der Waals surface area contributed by atoms with Crippen LogP contribution in [0.5, 0.6) is 0 Å². The quantitative estimate of drug-likeness (QED) is 0.317. The minimum atomic E-state index is -1.25. The van der Waals surface area contributed by atoms with E-state index in [2.05, 4.69) is 37.7 Å². The van der Waals surface area contributed by atoms with E-state index in [9.17, 15) is 5.11 Å². The zero-order chi connectivity index (χ0) is 11.7. The van der Waals surface area contributed by atoms with Crippen LogP contribution in [0, 0.1) is 11.5 Å². The zero-order valence-electron chi connectivity index (χ0n) is 10.3. The third kappa shape index (κ3) is 11.4. The first-order valence-corrected chi connectivity index (χ1v) is 9.24. The van der Waals surface area contributed by atoms with E-state index < -0.39 is 8.07 Å². The molecule has 0 fully saturated rings. The standard InChI is InChI=1S/C13H24OSi/c1-5-6-7-8-10-13(14)11-9-12-15(2,3)4/h5,13-14H,1,6-8,10-11H2,2-4H3/t13-/m0/s1. The number of allylic oxidation sites excluding steroid dienone is 1. The number of hydrogen-bond donors (Lipinski definition) is 1. The van der Waals surface area contributed by atoms with Gasteiger partial charge in [0.2, 0.25) is 0 Å². The highest BCUT2D eigenvalue weighted by Crippen LogP contribution is 2.06. The molecule has 0 aromatic carbocycles. The summed E-state index contributed by atoms with van der Waals surface area (Å²) in [5, 5.41) is 9.63. The number of aliphatic hydroxyl groups is 1. The van der Waals surface area contributed by atoms with Crippen molar-refractivity contribution in [1.29, 1.82) is 0 Å². The first-order valence-electron chi connectivity index (χ1n) is 5.74. The van der Waals surface area contributed by atoms with Gasteiger partial charge in [0, 0.05) is 6.42 Å². The van der Waals surface area contributed by atoms with Crippen LogP contribution in [0.2, 0.25) is 19.6 Å². The summed E-state index contributed by atoms with van der Waals surface area (Å²) in [4.78, 5) is 0. The van der Waals surface area contributed by atoms with E-state index in [1.54, 1.807) is 0 Å². The fourth-order valence-corrected chi connectivity index (χ4v) is 1.84. The van der Waals surface area contributed by atoms with Gasteiger partial charge in [0.1, 0.15) is 8.07 Å². The Morgan fingerprint density at radius 3 is 2.53 bits per heavy atom. The monoisotopic (exact) mass is 224 g/mol. The van der Waals surface area contributed by atoms with Crippen LogP contribution in [0.15, 0.2) is 12.7 Å². The summed E-state index contributed by atoms with van der Waals surface area (Å²) in [6, 6.07) is 0. The molecule has 0 amide bonds. The lowest BCUT2D eigenvalue weighted by atomic mass is 10.1. The smallest absolute Gasteiger partial charge is 0.129 e. The lowest BCUT2D eigenvalue weighted by Crippen LogP contribution is -2.16. The van der Waals surface area contributed by atoms with E-state index >= 15 is 0 Å². The molecular formula is C13H24OSi. The molecule has 0 aromatic heterocycles. The van der Waals surface area contributed by atoms with Gasteiger partial charge >= 0.3 is 0 Å². The van der Waals surface area contributed by atoms with Crippen LogP contribution in [0.1, 0.15) is 32.1 Å². The maximum Gasteiger partial charge on any atom is 0.129 e. The lowest BCUT2D eigenvalue weighted by molar-refractivity contribution is 0.166. The molecule has 0 heterocycles. The summed E-state index contributed by atoms with van der Waals surface area (Å²) < 4.78 is 0. The molecule has 0 aliphatic carbocycles. The molecule has 1 N–H and O–H groups in total. The summed E-state index contributed by atoms with van der Waals surface area (Å²) in [7, 11) is -1.25. The van der Waals surface area contributed by atoms with E-state index in [0.717, 1.165) is 25.7 Å². The fourth-order valence-electron chi connectivity index (χ4n) is 1.20. The summed E-state index contributed by atoms with van der Waals surface area (Å²) >= 11 is 0. The van der Waals surface area contributed by atoms with Crippen LogP contribution in [-0.2, 0) is 0 Å². The third-order valence-corrected chi connectivity index (χ3v) is 2.92. The van der Waals surface area contributed by atoms with Crippen LogP contribution in [0.4, 0.5) is 0 Å². The van der Waals surface area contributed by atoms with Crippen molar-refractivity contribution in [2.45, 2.75) is 57.8 Å². The Balaban J connectivity index is 3.60. The van der Waals surface area contributed by atoms with Crippen LogP contribution >= 0.6 is 0 Å². The number of aliphatic hydroxyl groups excluding tert-OH is 1. The van der Waals surface area contributed by atoms with E-state index in [1.807, 2.05) is 6.08 Å². The molecular weight excluding hydrogens is 200 g/mol. The second-order valence-corrected chi connectivity index (χ2v) is 9.73. The molecule has 2 heteroatoms. The topological polar surface area (TPSA) is 20.2 Å². The Bertz CT molecular complexity index is 229. The maximum atomic E-state index is 9.63. The van der Waals surface area contributed by atoms with Crippen molar-refractivity contribution in [3.8, 4) is 11.5 Å². The van der Waals surface area contributed by atoms with Gasteiger partial charge in [0.05, 0.1) is 6.10 Å². The van der Waals surface area contributed by atoms with Gasteiger partial charge in [-0.2, -0.15) is 0 Å². The minimum Gasteiger partial charge on any atom is -0.392 e. The Hall–Kier alpha value is -0.523. The van der Waals surface area contributed by atoms with Crippen LogP contribution in [-0.4, -0.2) is 19.3 Å². The molecule has 86 valence electrons. The molecule has 0 saturated carbocycles. The molecule has 0 aromatic rings. The normalized spacial score (nSPS) is 12.8. The zero-order valence-corrected chi connectivity index (χ0v) is 11.3. The molecule has 0 bridgehead atoms. The van der Waals surface area contributed by atoms with Gasteiger partial charge in [-0.05, 0) is 19.3 Å². The second-order valence-electron chi connectivity index (χ2n) is 4.98. The average molecular weight is 224 g/mol. The van der Waals surface area contributed by atoms with Gasteiger partial charge in [0.25, 0.3) is 0 Å². The maximum absolute atomic E-state index is 9.63. The van der Waals surface area contributed by atoms with Gasteiger partial charge in [-0.3, -0.25) is 0 Å².